The Labute approximate surface area is 113 Å². The minimum absolute atomic E-state index is 0.301. The molecule has 0 heterocycles. The number of hydrogen-bond donors (Lipinski definition) is 3. The van der Waals surface area contributed by atoms with Crippen LogP contribution in [0.5, 0.6) is 0 Å². The summed E-state index contributed by atoms with van der Waals surface area (Å²) in [7, 11) is -2.46. The van der Waals surface area contributed by atoms with Crippen molar-refractivity contribution in [3.05, 3.63) is 23.8 Å². The first kappa shape index (κ1) is 15.3. The quantitative estimate of drug-likeness (QED) is 0.565. The maximum Gasteiger partial charge on any atom is 0.404 e. The third-order valence-electron chi connectivity index (χ3n) is 2.56. The number of anilines is 1. The molecule has 106 valence electrons. The lowest BCUT2D eigenvalue weighted by Crippen LogP contribution is -2.22. The Morgan fingerprint density at radius 1 is 1.53 bits per heavy atom. The normalized spacial score (nSPS) is 13.6. The molecular formula is C12H19N3O3S. The maximum absolute atomic E-state index is 12.5. The number of aryl methyl sites for hydroxylation is 1. The summed E-state index contributed by atoms with van der Waals surface area (Å²) in [4.78, 5) is 10.9. The number of nitrogens with two attached hydrogens (primary N) is 1. The number of hydrogen-bond acceptors (Lipinski definition) is 4. The molecule has 0 aliphatic carbocycles. The molecule has 0 radical (unpaired) electrons. The van der Waals surface area contributed by atoms with E-state index in [4.69, 9.17) is 10.8 Å². The van der Waals surface area contributed by atoms with E-state index >= 15 is 0 Å². The third-order valence-corrected chi connectivity index (χ3v) is 4.51. The first-order chi connectivity index (χ1) is 8.83. The van der Waals surface area contributed by atoms with Gasteiger partial charge in [0.25, 0.3) is 0 Å². The van der Waals surface area contributed by atoms with Crippen molar-refractivity contribution in [2.24, 2.45) is 4.36 Å². The Balaban J connectivity index is 2.74. The lowest BCUT2D eigenvalue weighted by atomic mass is 10.2. The monoisotopic (exact) mass is 285 g/mol. The van der Waals surface area contributed by atoms with Gasteiger partial charge >= 0.3 is 6.09 Å². The van der Waals surface area contributed by atoms with Crippen molar-refractivity contribution < 1.29 is 14.1 Å². The van der Waals surface area contributed by atoms with Crippen molar-refractivity contribution >= 4 is 21.5 Å². The van der Waals surface area contributed by atoms with Crippen LogP contribution in [0.4, 0.5) is 10.5 Å². The fourth-order valence-corrected chi connectivity index (χ4v) is 3.27. The van der Waals surface area contributed by atoms with Crippen molar-refractivity contribution in [3.8, 4) is 0 Å². The van der Waals surface area contributed by atoms with E-state index in [0.717, 1.165) is 5.56 Å². The molecule has 0 aliphatic rings. The smallest absolute Gasteiger partial charge is 0.404 e. The highest BCUT2D eigenvalue weighted by Crippen LogP contribution is 2.19. The minimum atomic E-state index is -2.46. The molecule has 0 aliphatic heterocycles. The van der Waals surface area contributed by atoms with Crippen molar-refractivity contribution in [1.82, 2.24) is 5.32 Å². The van der Waals surface area contributed by atoms with Gasteiger partial charge in [-0.2, -0.15) is 0 Å². The second kappa shape index (κ2) is 6.42. The van der Waals surface area contributed by atoms with Gasteiger partial charge in [0.05, 0.1) is 21.2 Å². The molecule has 19 heavy (non-hydrogen) atoms. The molecule has 0 saturated carbocycles. The van der Waals surface area contributed by atoms with Crippen LogP contribution in [0, 0.1) is 6.92 Å². The zero-order valence-electron chi connectivity index (χ0n) is 11.0. The van der Waals surface area contributed by atoms with Gasteiger partial charge in [0.2, 0.25) is 0 Å². The molecule has 4 N–H and O–H groups in total. The van der Waals surface area contributed by atoms with Crippen LogP contribution < -0.4 is 11.1 Å². The molecule has 1 rings (SSSR count). The topological polar surface area (TPSA) is 105 Å². The Kier molecular flexibility index (Phi) is 5.17. The molecule has 1 aromatic rings. The van der Waals surface area contributed by atoms with Crippen LogP contribution in [0.15, 0.2) is 27.5 Å². The van der Waals surface area contributed by atoms with E-state index in [1.165, 1.54) is 0 Å². The molecule has 1 unspecified atom stereocenters. The zero-order valence-corrected chi connectivity index (χ0v) is 11.9. The number of carboxylic acid groups (broad SMARTS) is 1. The molecule has 6 nitrogen and oxygen atoms in total. The van der Waals surface area contributed by atoms with E-state index in [9.17, 15) is 9.00 Å². The highest BCUT2D eigenvalue weighted by molar-refractivity contribution is 7.93. The fraction of sp³-hybridized carbons (Fsp3) is 0.417. The van der Waals surface area contributed by atoms with Crippen molar-refractivity contribution in [3.63, 3.8) is 0 Å². The Bertz CT molecular complexity index is 578. The van der Waals surface area contributed by atoms with Crippen LogP contribution >= 0.6 is 0 Å². The molecule has 1 aromatic carbocycles. The highest BCUT2D eigenvalue weighted by atomic mass is 32.2. The third kappa shape index (κ3) is 4.78. The van der Waals surface area contributed by atoms with Gasteiger partial charge in [0.15, 0.2) is 0 Å². The van der Waals surface area contributed by atoms with Gasteiger partial charge in [-0.1, -0.05) is 0 Å². The summed E-state index contributed by atoms with van der Waals surface area (Å²) in [6, 6.07) is 5.19. The minimum Gasteiger partial charge on any atom is -0.465 e. The number of nitrogens with zero attached hydrogens (tertiary/aromatic N) is 1. The van der Waals surface area contributed by atoms with Crippen LogP contribution in [0.1, 0.15) is 12.0 Å². The van der Waals surface area contributed by atoms with Gasteiger partial charge < -0.3 is 16.2 Å². The molecule has 7 heteroatoms. The molecule has 0 aromatic heterocycles. The molecule has 0 fully saturated rings. The average molecular weight is 285 g/mol. The fourth-order valence-electron chi connectivity index (χ4n) is 1.68. The number of benzene rings is 1. The zero-order chi connectivity index (χ0) is 14.5. The first-order valence-electron chi connectivity index (χ1n) is 5.84. The molecule has 0 bridgehead atoms. The predicted molar refractivity (Wildman–Crippen MR) is 75.9 cm³/mol. The number of rotatable bonds is 5. The van der Waals surface area contributed by atoms with E-state index in [2.05, 4.69) is 9.68 Å². The number of amides is 1. The van der Waals surface area contributed by atoms with Crippen LogP contribution in [-0.4, -0.2) is 34.8 Å². The van der Waals surface area contributed by atoms with Gasteiger partial charge in [-0.3, -0.25) is 0 Å². The maximum atomic E-state index is 12.5. The first-order valence-corrected chi connectivity index (χ1v) is 7.76. The summed E-state index contributed by atoms with van der Waals surface area (Å²) in [6.45, 7) is 2.49. The van der Waals surface area contributed by atoms with E-state index in [-0.39, 0.29) is 0 Å². The van der Waals surface area contributed by atoms with Gasteiger partial charge in [-0.15, -0.1) is 0 Å². The standard InChI is InChI=1S/C12H19N3O3S/c1-9-8-10(13)4-5-11(9)19(2,18)15-7-3-6-14-12(16)17/h4-5,8,14H,3,6-7,13H2,1-2H3,(H,16,17). The summed E-state index contributed by atoms with van der Waals surface area (Å²) < 4.78 is 16.6. The van der Waals surface area contributed by atoms with Crippen molar-refractivity contribution in [2.75, 3.05) is 25.1 Å². The highest BCUT2D eigenvalue weighted by Gasteiger charge is 2.09. The van der Waals surface area contributed by atoms with E-state index < -0.39 is 15.8 Å². The largest absolute Gasteiger partial charge is 0.465 e. The summed E-state index contributed by atoms with van der Waals surface area (Å²) in [6.07, 6.45) is 1.04. The number of carbonyl (C=O) groups is 1. The summed E-state index contributed by atoms with van der Waals surface area (Å²) in [5, 5.41) is 10.6. The van der Waals surface area contributed by atoms with Crippen molar-refractivity contribution in [1.29, 1.82) is 0 Å². The van der Waals surface area contributed by atoms with Crippen LogP contribution in [0.2, 0.25) is 0 Å². The summed E-state index contributed by atoms with van der Waals surface area (Å²) in [5.41, 5.74) is 7.13. The van der Waals surface area contributed by atoms with Crippen LogP contribution in [0.25, 0.3) is 0 Å². The van der Waals surface area contributed by atoms with Gasteiger partial charge in [0, 0.05) is 18.5 Å². The number of nitrogen functional groups attached to an aromatic ring is 1. The van der Waals surface area contributed by atoms with Gasteiger partial charge in [0.1, 0.15) is 0 Å². The average Bonchev–Trinajstić information content (AvgIpc) is 2.27. The molecule has 1 atom stereocenters. The van der Waals surface area contributed by atoms with Gasteiger partial charge in [-0.25, -0.2) is 13.4 Å². The van der Waals surface area contributed by atoms with Crippen LogP contribution in [0.3, 0.4) is 0 Å². The second-order valence-corrected chi connectivity index (χ2v) is 6.57. The Morgan fingerprint density at radius 2 is 2.21 bits per heavy atom. The Hall–Kier alpha value is -1.76. The van der Waals surface area contributed by atoms with E-state index in [0.29, 0.717) is 30.1 Å². The number of nitrogens with one attached hydrogen (secondary N) is 1. The van der Waals surface area contributed by atoms with Gasteiger partial charge in [-0.05, 0) is 37.1 Å². The van der Waals surface area contributed by atoms with E-state index in [1.807, 2.05) is 6.92 Å². The van der Waals surface area contributed by atoms with E-state index in [1.54, 1.807) is 24.5 Å². The molecule has 0 spiro atoms. The Morgan fingerprint density at radius 3 is 2.79 bits per heavy atom. The lowest BCUT2D eigenvalue weighted by molar-refractivity contribution is 0.194. The SMILES string of the molecule is Cc1cc(N)ccc1S(C)(=O)=NCCCNC(=O)O. The summed E-state index contributed by atoms with van der Waals surface area (Å²) >= 11 is 0. The molecular weight excluding hydrogens is 266 g/mol. The molecule has 1 amide bonds. The lowest BCUT2D eigenvalue weighted by Gasteiger charge is -2.09. The van der Waals surface area contributed by atoms with Crippen molar-refractivity contribution in [2.45, 2.75) is 18.2 Å². The summed E-state index contributed by atoms with van der Waals surface area (Å²) in [5.74, 6) is 0. The molecule has 0 saturated heterocycles. The van der Waals surface area contributed by atoms with Crippen LogP contribution in [-0.2, 0) is 9.73 Å². The predicted octanol–water partition coefficient (Wildman–Crippen LogP) is 1.69. The second-order valence-electron chi connectivity index (χ2n) is 4.27.